The molecule has 0 amide bonds. The Hall–Kier alpha value is -7.28. The summed E-state index contributed by atoms with van der Waals surface area (Å²) in [5.41, 5.74) is 13.1. The number of fused-ring (bicyclic) bond motifs is 9. The van der Waals surface area contributed by atoms with E-state index in [0.29, 0.717) is 17.0 Å². The van der Waals surface area contributed by atoms with Crippen LogP contribution in [0.1, 0.15) is 0 Å². The molecule has 0 atom stereocenters. The van der Waals surface area contributed by atoms with Gasteiger partial charge in [0.25, 0.3) is 0 Å². The normalized spacial score (nSPS) is 12.5. The fourth-order valence-corrected chi connectivity index (χ4v) is 9.55. The number of aromatic nitrogens is 3. The van der Waals surface area contributed by atoms with Gasteiger partial charge in [-0.1, -0.05) is 158 Å². The van der Waals surface area contributed by atoms with Crippen molar-refractivity contribution in [1.82, 2.24) is 15.0 Å². The van der Waals surface area contributed by atoms with Crippen molar-refractivity contribution in [3.8, 4) is 89.5 Å². The quantitative estimate of drug-likeness (QED) is 0.179. The molecule has 270 valence electrons. The summed E-state index contributed by atoms with van der Waals surface area (Å²) >= 11 is 0. The fourth-order valence-electron chi connectivity index (χ4n) is 7.86. The SMILES string of the molecule is O=S1(=O)c2ccccc2-c2ccccc2-c2ccccc2-c2ccc(-c3cc(-c4ccc(-c5cccnc5)cc4)nc(-c4ccccc4)n3)cc2-c2ccccc21. The second-order valence-electron chi connectivity index (χ2n) is 14.0. The average molecular weight is 752 g/mol. The molecule has 10 rings (SSSR count). The third-order valence-electron chi connectivity index (χ3n) is 10.6. The van der Waals surface area contributed by atoms with E-state index in [1.54, 1.807) is 30.5 Å². The van der Waals surface area contributed by atoms with E-state index in [-0.39, 0.29) is 9.79 Å². The van der Waals surface area contributed by atoms with Crippen molar-refractivity contribution in [3.63, 3.8) is 0 Å². The molecule has 0 radical (unpaired) electrons. The van der Waals surface area contributed by atoms with Crippen LogP contribution in [0.5, 0.6) is 0 Å². The Bertz CT molecular complexity index is 3070. The van der Waals surface area contributed by atoms with Crippen molar-refractivity contribution in [2.24, 2.45) is 0 Å². The lowest BCUT2D eigenvalue weighted by atomic mass is 9.86. The topological polar surface area (TPSA) is 72.8 Å². The summed E-state index contributed by atoms with van der Waals surface area (Å²) in [6, 6.07) is 61.6. The van der Waals surface area contributed by atoms with Crippen LogP contribution in [0.2, 0.25) is 0 Å². The van der Waals surface area contributed by atoms with Crippen LogP contribution < -0.4 is 0 Å². The molecule has 6 heteroatoms. The van der Waals surface area contributed by atoms with Gasteiger partial charge in [-0.05, 0) is 74.8 Å². The minimum Gasteiger partial charge on any atom is -0.264 e. The second-order valence-corrected chi connectivity index (χ2v) is 15.9. The summed E-state index contributed by atoms with van der Waals surface area (Å²) in [6.45, 7) is 0. The number of hydrogen-bond acceptors (Lipinski definition) is 5. The first-order chi connectivity index (χ1) is 28.0. The third-order valence-corrected chi connectivity index (χ3v) is 12.5. The van der Waals surface area contributed by atoms with Crippen LogP contribution in [0.25, 0.3) is 89.5 Å². The number of rotatable bonds is 4. The van der Waals surface area contributed by atoms with Crippen LogP contribution in [0.15, 0.2) is 210 Å². The van der Waals surface area contributed by atoms with E-state index >= 15 is 0 Å². The molecule has 0 spiro atoms. The van der Waals surface area contributed by atoms with Crippen molar-refractivity contribution in [1.29, 1.82) is 0 Å². The van der Waals surface area contributed by atoms with Gasteiger partial charge in [-0.25, -0.2) is 18.4 Å². The van der Waals surface area contributed by atoms with Crippen LogP contribution in [0, 0.1) is 0 Å². The molecule has 0 unspecified atom stereocenters. The molecule has 57 heavy (non-hydrogen) atoms. The number of nitrogens with zero attached hydrogens (tertiary/aromatic N) is 3. The predicted molar refractivity (Wildman–Crippen MR) is 229 cm³/mol. The minimum atomic E-state index is -4.01. The van der Waals surface area contributed by atoms with Crippen molar-refractivity contribution >= 4 is 9.84 Å². The zero-order chi connectivity index (χ0) is 38.3. The molecule has 7 aromatic carbocycles. The highest BCUT2D eigenvalue weighted by Crippen LogP contribution is 2.47. The van der Waals surface area contributed by atoms with Gasteiger partial charge in [0.1, 0.15) is 0 Å². The third kappa shape index (κ3) is 6.13. The largest absolute Gasteiger partial charge is 0.264 e. The number of sulfone groups is 1. The van der Waals surface area contributed by atoms with E-state index in [1.807, 2.05) is 109 Å². The molecule has 1 aliphatic heterocycles. The highest BCUT2D eigenvalue weighted by atomic mass is 32.2. The van der Waals surface area contributed by atoms with E-state index in [9.17, 15) is 8.42 Å². The molecule has 5 nitrogen and oxygen atoms in total. The molecular weight excluding hydrogens is 719 g/mol. The first kappa shape index (κ1) is 34.2. The van der Waals surface area contributed by atoms with Gasteiger partial charge < -0.3 is 0 Å². The van der Waals surface area contributed by atoms with Crippen LogP contribution in [-0.2, 0) is 9.84 Å². The van der Waals surface area contributed by atoms with Crippen molar-refractivity contribution in [2.75, 3.05) is 0 Å². The molecule has 0 fully saturated rings. The van der Waals surface area contributed by atoms with Gasteiger partial charge in [0.2, 0.25) is 9.84 Å². The highest BCUT2D eigenvalue weighted by molar-refractivity contribution is 7.91. The number of hydrogen-bond donors (Lipinski definition) is 0. The summed E-state index contributed by atoms with van der Waals surface area (Å²) in [7, 11) is -4.01. The van der Waals surface area contributed by atoms with E-state index in [4.69, 9.17) is 9.97 Å². The summed E-state index contributed by atoms with van der Waals surface area (Å²) in [4.78, 5) is 15.0. The molecule has 0 N–H and O–H groups in total. The van der Waals surface area contributed by atoms with Gasteiger partial charge in [0.05, 0.1) is 21.2 Å². The van der Waals surface area contributed by atoms with Crippen molar-refractivity contribution < 1.29 is 8.42 Å². The molecule has 0 bridgehead atoms. The van der Waals surface area contributed by atoms with Crippen LogP contribution >= 0.6 is 0 Å². The first-order valence-corrected chi connectivity index (χ1v) is 20.2. The average Bonchev–Trinajstić information content (AvgIpc) is 3.30. The van der Waals surface area contributed by atoms with Gasteiger partial charge >= 0.3 is 0 Å². The monoisotopic (exact) mass is 751 g/mol. The second kappa shape index (κ2) is 14.1. The molecule has 1 aliphatic rings. The Morgan fingerprint density at radius 3 is 1.39 bits per heavy atom. The lowest BCUT2D eigenvalue weighted by Crippen LogP contribution is -2.06. The van der Waals surface area contributed by atoms with E-state index < -0.39 is 9.84 Å². The summed E-state index contributed by atoms with van der Waals surface area (Å²) < 4.78 is 30.0. The maximum Gasteiger partial charge on any atom is 0.207 e. The standard InChI is InChI=1S/C51H33N3O2S/c55-57(56)49-22-10-8-20-44(49)42-19-7-6-17-40(42)39-16-4-5-18-41(39)43-29-28-37(31-46(43)45-21-9-11-23-50(45)57)48-32-47(53-51(54-48)36-13-2-1-3-14-36)35-26-24-34(25-27-35)38-15-12-30-52-33-38/h1-33H. The van der Waals surface area contributed by atoms with Gasteiger partial charge in [0, 0.05) is 40.2 Å². The maximum absolute atomic E-state index is 15.0. The lowest BCUT2D eigenvalue weighted by Gasteiger charge is -2.18. The van der Waals surface area contributed by atoms with E-state index in [2.05, 4.69) is 65.6 Å². The van der Waals surface area contributed by atoms with Crippen LogP contribution in [0.3, 0.4) is 0 Å². The van der Waals surface area contributed by atoms with Crippen LogP contribution in [-0.4, -0.2) is 23.4 Å². The maximum atomic E-state index is 15.0. The lowest BCUT2D eigenvalue weighted by molar-refractivity contribution is 0.596. The molecule has 3 heterocycles. The number of benzene rings is 7. The molecular formula is C51H33N3O2S. The van der Waals surface area contributed by atoms with Crippen molar-refractivity contribution in [2.45, 2.75) is 9.79 Å². The first-order valence-electron chi connectivity index (χ1n) is 18.8. The predicted octanol–water partition coefficient (Wildman–Crippen LogP) is 12.4. The number of pyridine rings is 1. The minimum absolute atomic E-state index is 0.245. The Kier molecular flexibility index (Phi) is 8.46. The summed E-state index contributed by atoms with van der Waals surface area (Å²) in [6.07, 6.45) is 3.63. The molecule has 0 saturated carbocycles. The smallest absolute Gasteiger partial charge is 0.207 e. The van der Waals surface area contributed by atoms with Gasteiger partial charge in [-0.3, -0.25) is 4.98 Å². The summed E-state index contributed by atoms with van der Waals surface area (Å²) in [5, 5.41) is 0. The highest BCUT2D eigenvalue weighted by Gasteiger charge is 2.29. The fraction of sp³-hybridized carbons (Fsp3) is 0. The Balaban J connectivity index is 1.22. The Morgan fingerprint density at radius 2 is 0.789 bits per heavy atom. The summed E-state index contributed by atoms with van der Waals surface area (Å²) in [5.74, 6) is 0.595. The zero-order valence-electron chi connectivity index (χ0n) is 30.6. The van der Waals surface area contributed by atoms with Gasteiger partial charge in [-0.15, -0.1) is 0 Å². The Labute approximate surface area is 331 Å². The molecule has 2 aromatic heterocycles. The van der Waals surface area contributed by atoms with Crippen LogP contribution in [0.4, 0.5) is 0 Å². The van der Waals surface area contributed by atoms with Gasteiger partial charge in [-0.2, -0.15) is 0 Å². The molecule has 0 saturated heterocycles. The van der Waals surface area contributed by atoms with E-state index in [1.165, 1.54) is 0 Å². The van der Waals surface area contributed by atoms with Crippen molar-refractivity contribution in [3.05, 3.63) is 200 Å². The van der Waals surface area contributed by atoms with Gasteiger partial charge in [0.15, 0.2) is 5.82 Å². The zero-order valence-corrected chi connectivity index (χ0v) is 31.4. The Morgan fingerprint density at radius 1 is 0.333 bits per heavy atom. The molecule has 0 aliphatic carbocycles. The molecule has 9 aromatic rings. The van der Waals surface area contributed by atoms with E-state index in [0.717, 1.165) is 72.6 Å².